The van der Waals surface area contributed by atoms with Crippen molar-refractivity contribution < 1.29 is 9.18 Å². The highest BCUT2D eigenvalue weighted by molar-refractivity contribution is 7.98. The van der Waals surface area contributed by atoms with E-state index in [2.05, 4.69) is 9.55 Å². The van der Waals surface area contributed by atoms with Gasteiger partial charge >= 0.3 is 0 Å². The maximum atomic E-state index is 12.9. The normalized spacial score (nSPS) is 17.6. The Kier molecular flexibility index (Phi) is 6.50. The number of carbonyl (C=O) groups is 1. The van der Waals surface area contributed by atoms with E-state index in [1.54, 1.807) is 30.1 Å². The molecule has 1 fully saturated rings. The van der Waals surface area contributed by atoms with E-state index in [9.17, 15) is 9.18 Å². The second kappa shape index (κ2) is 9.04. The van der Waals surface area contributed by atoms with Crippen LogP contribution in [-0.2, 0) is 17.1 Å². The summed E-state index contributed by atoms with van der Waals surface area (Å²) in [5.41, 5.74) is 1.09. The van der Waals surface area contributed by atoms with E-state index in [0.717, 1.165) is 43.1 Å². The Morgan fingerprint density at radius 1 is 1.32 bits per heavy atom. The van der Waals surface area contributed by atoms with Crippen molar-refractivity contribution in [2.24, 2.45) is 5.92 Å². The first-order chi connectivity index (χ1) is 12.2. The summed E-state index contributed by atoms with van der Waals surface area (Å²) in [6, 6.07) is 6.56. The van der Waals surface area contributed by atoms with Crippen LogP contribution in [0.5, 0.6) is 0 Å². The van der Waals surface area contributed by atoms with Crippen LogP contribution in [0.2, 0.25) is 0 Å². The predicted octanol–water partition coefficient (Wildman–Crippen LogP) is 3.58. The Bertz CT molecular complexity index is 660. The summed E-state index contributed by atoms with van der Waals surface area (Å²) in [6.07, 6.45) is 8.43. The third-order valence-corrected chi connectivity index (χ3v) is 5.57. The summed E-state index contributed by atoms with van der Waals surface area (Å²) in [5, 5.41) is 0. The quantitative estimate of drug-likeness (QED) is 0.708. The molecule has 0 aliphatic carbocycles. The lowest BCUT2D eigenvalue weighted by Crippen LogP contribution is -2.41. The first-order valence-electron chi connectivity index (χ1n) is 8.76. The van der Waals surface area contributed by atoms with Gasteiger partial charge in [0, 0.05) is 50.0 Å². The number of benzene rings is 1. The van der Waals surface area contributed by atoms with E-state index in [4.69, 9.17) is 0 Å². The van der Waals surface area contributed by atoms with Crippen molar-refractivity contribution in [2.45, 2.75) is 31.6 Å². The van der Waals surface area contributed by atoms with Gasteiger partial charge in [0.05, 0.1) is 6.33 Å². The van der Waals surface area contributed by atoms with Crippen LogP contribution >= 0.6 is 11.8 Å². The number of likely N-dealkylation sites (tertiary alicyclic amines) is 1. The van der Waals surface area contributed by atoms with Crippen LogP contribution in [0.15, 0.2) is 43.0 Å². The standard InChI is InChI=1S/C19H24FN3OS/c20-18-5-3-16(4-6-18)14-25-11-7-19(24)23-9-1-2-17(13-23)12-22-10-8-21-15-22/h3-6,8,10,15,17H,1-2,7,9,11-14H2/t17-/m1/s1. The van der Waals surface area contributed by atoms with Gasteiger partial charge in [0.25, 0.3) is 0 Å². The van der Waals surface area contributed by atoms with Crippen molar-refractivity contribution in [1.29, 1.82) is 0 Å². The predicted molar refractivity (Wildman–Crippen MR) is 98.7 cm³/mol. The summed E-state index contributed by atoms with van der Waals surface area (Å²) in [7, 11) is 0. The monoisotopic (exact) mass is 361 g/mol. The van der Waals surface area contributed by atoms with Crippen LogP contribution < -0.4 is 0 Å². The summed E-state index contributed by atoms with van der Waals surface area (Å²) in [4.78, 5) is 18.5. The molecule has 1 aliphatic heterocycles. The summed E-state index contributed by atoms with van der Waals surface area (Å²) < 4.78 is 15.0. The van der Waals surface area contributed by atoms with Crippen molar-refractivity contribution in [2.75, 3.05) is 18.8 Å². The van der Waals surface area contributed by atoms with Crippen LogP contribution in [0.4, 0.5) is 4.39 Å². The number of halogens is 1. The SMILES string of the molecule is O=C(CCSCc1ccc(F)cc1)N1CCC[C@H](Cn2ccnc2)C1. The minimum atomic E-state index is -0.209. The van der Waals surface area contributed by atoms with E-state index in [0.29, 0.717) is 12.3 Å². The van der Waals surface area contributed by atoms with Gasteiger partial charge in [-0.25, -0.2) is 9.37 Å². The first-order valence-corrected chi connectivity index (χ1v) is 9.92. The molecule has 6 heteroatoms. The molecule has 3 rings (SSSR count). The van der Waals surface area contributed by atoms with Crippen molar-refractivity contribution in [3.8, 4) is 0 Å². The maximum absolute atomic E-state index is 12.9. The molecule has 1 atom stereocenters. The fourth-order valence-electron chi connectivity index (χ4n) is 3.22. The topological polar surface area (TPSA) is 38.1 Å². The Morgan fingerprint density at radius 3 is 2.92 bits per heavy atom. The molecule has 2 aromatic rings. The molecule has 1 saturated heterocycles. The smallest absolute Gasteiger partial charge is 0.223 e. The molecule has 0 saturated carbocycles. The van der Waals surface area contributed by atoms with Crippen molar-refractivity contribution >= 4 is 17.7 Å². The molecule has 0 unspecified atom stereocenters. The van der Waals surface area contributed by atoms with Crippen LogP contribution in [0.25, 0.3) is 0 Å². The van der Waals surface area contributed by atoms with Crippen LogP contribution in [0, 0.1) is 11.7 Å². The molecule has 134 valence electrons. The second-order valence-corrected chi connectivity index (χ2v) is 7.64. The number of nitrogens with zero attached hydrogens (tertiary/aromatic N) is 3. The van der Waals surface area contributed by atoms with Gasteiger partial charge in [-0.05, 0) is 36.5 Å². The van der Waals surface area contributed by atoms with E-state index in [1.165, 1.54) is 18.6 Å². The zero-order valence-corrected chi connectivity index (χ0v) is 15.1. The summed E-state index contributed by atoms with van der Waals surface area (Å²) in [5.74, 6) is 2.18. The van der Waals surface area contributed by atoms with Gasteiger partial charge in [-0.2, -0.15) is 11.8 Å². The lowest BCUT2D eigenvalue weighted by molar-refractivity contribution is -0.132. The van der Waals surface area contributed by atoms with Crippen LogP contribution in [0.3, 0.4) is 0 Å². The lowest BCUT2D eigenvalue weighted by Gasteiger charge is -2.33. The Balaban J connectivity index is 1.37. The molecule has 1 amide bonds. The number of hydrogen-bond donors (Lipinski definition) is 0. The third-order valence-electron chi connectivity index (χ3n) is 4.54. The van der Waals surface area contributed by atoms with Gasteiger partial charge in [-0.1, -0.05) is 12.1 Å². The van der Waals surface area contributed by atoms with Gasteiger partial charge in [0.1, 0.15) is 5.82 Å². The molecule has 1 aliphatic rings. The van der Waals surface area contributed by atoms with Gasteiger partial charge in [-0.15, -0.1) is 0 Å². The Labute approximate surface area is 152 Å². The largest absolute Gasteiger partial charge is 0.342 e. The van der Waals surface area contributed by atoms with Gasteiger partial charge in [0.15, 0.2) is 0 Å². The first kappa shape index (κ1) is 18.0. The Morgan fingerprint density at radius 2 is 2.16 bits per heavy atom. The van der Waals surface area contributed by atoms with E-state index >= 15 is 0 Å². The highest BCUT2D eigenvalue weighted by Crippen LogP contribution is 2.20. The third kappa shape index (κ3) is 5.59. The molecule has 0 bridgehead atoms. The molecule has 4 nitrogen and oxygen atoms in total. The zero-order chi connectivity index (χ0) is 17.5. The number of piperidine rings is 1. The number of aromatic nitrogens is 2. The zero-order valence-electron chi connectivity index (χ0n) is 14.3. The second-order valence-electron chi connectivity index (χ2n) is 6.54. The average Bonchev–Trinajstić information content (AvgIpc) is 3.13. The minimum Gasteiger partial charge on any atom is -0.342 e. The van der Waals surface area contributed by atoms with Gasteiger partial charge in [0.2, 0.25) is 5.91 Å². The van der Waals surface area contributed by atoms with Gasteiger partial charge in [-0.3, -0.25) is 4.79 Å². The number of thioether (sulfide) groups is 1. The van der Waals surface area contributed by atoms with E-state index in [-0.39, 0.29) is 11.7 Å². The molecule has 0 radical (unpaired) electrons. The highest BCUT2D eigenvalue weighted by Gasteiger charge is 2.23. The molecule has 1 aromatic carbocycles. The van der Waals surface area contributed by atoms with Gasteiger partial charge < -0.3 is 9.47 Å². The van der Waals surface area contributed by atoms with Crippen LogP contribution in [0.1, 0.15) is 24.8 Å². The van der Waals surface area contributed by atoms with E-state index < -0.39 is 0 Å². The highest BCUT2D eigenvalue weighted by atomic mass is 32.2. The fraction of sp³-hybridized carbons (Fsp3) is 0.474. The number of hydrogen-bond acceptors (Lipinski definition) is 3. The summed E-state index contributed by atoms with van der Waals surface area (Å²) >= 11 is 1.73. The maximum Gasteiger partial charge on any atom is 0.223 e. The molecule has 25 heavy (non-hydrogen) atoms. The average molecular weight is 361 g/mol. The molecule has 2 heterocycles. The number of carbonyl (C=O) groups excluding carboxylic acids is 1. The minimum absolute atomic E-state index is 0.209. The molecular formula is C19H24FN3OS. The van der Waals surface area contributed by atoms with Crippen LogP contribution in [-0.4, -0.2) is 39.2 Å². The Hall–Kier alpha value is -1.82. The van der Waals surface area contributed by atoms with E-state index in [1.807, 2.05) is 17.4 Å². The van der Waals surface area contributed by atoms with Crippen molar-refractivity contribution in [1.82, 2.24) is 14.5 Å². The lowest BCUT2D eigenvalue weighted by atomic mass is 9.97. The molecule has 0 spiro atoms. The van der Waals surface area contributed by atoms with Crippen molar-refractivity contribution in [3.63, 3.8) is 0 Å². The molecule has 0 N–H and O–H groups in total. The number of rotatable bonds is 7. The number of amides is 1. The molecular weight excluding hydrogens is 337 g/mol. The fourth-order valence-corrected chi connectivity index (χ4v) is 4.11. The summed E-state index contributed by atoms with van der Waals surface area (Å²) in [6.45, 7) is 2.66. The number of imidazole rings is 1. The molecule has 1 aromatic heterocycles. The van der Waals surface area contributed by atoms with Crippen molar-refractivity contribution in [3.05, 3.63) is 54.4 Å².